The van der Waals surface area contributed by atoms with E-state index in [0.29, 0.717) is 23.0 Å². The Morgan fingerprint density at radius 1 is 0.782 bits per heavy atom. The molecule has 1 heterocycles. The van der Waals surface area contributed by atoms with Crippen LogP contribution in [0, 0.1) is 0 Å². The van der Waals surface area contributed by atoms with E-state index in [0.717, 1.165) is 43.8 Å². The molecular weight excluding hydrogens is 725 g/mol. The van der Waals surface area contributed by atoms with Gasteiger partial charge in [0.15, 0.2) is 5.13 Å². The molecule has 7 aromatic rings. The molecule has 0 aliphatic rings. The number of hydrogen-bond acceptors (Lipinski definition) is 7. The van der Waals surface area contributed by atoms with Gasteiger partial charge in [0.1, 0.15) is 16.7 Å². The van der Waals surface area contributed by atoms with Gasteiger partial charge in [0, 0.05) is 27.1 Å². The van der Waals surface area contributed by atoms with Gasteiger partial charge in [-0.3, -0.25) is 14.4 Å². The summed E-state index contributed by atoms with van der Waals surface area (Å²) in [7, 11) is 0. The second-order valence-electron chi connectivity index (χ2n) is 12.3. The van der Waals surface area contributed by atoms with Crippen molar-refractivity contribution in [3.05, 3.63) is 179 Å². The van der Waals surface area contributed by atoms with Gasteiger partial charge in [-0.1, -0.05) is 97.1 Å². The van der Waals surface area contributed by atoms with Crippen LogP contribution in [0.15, 0.2) is 168 Å². The lowest BCUT2D eigenvalue weighted by Crippen LogP contribution is -2.30. The number of nitrogens with one attached hydrogen (secondary N) is 3. The molecule has 0 saturated heterocycles. The number of nitrogens with zero attached hydrogens (tertiary/aromatic N) is 1. The van der Waals surface area contributed by atoms with Gasteiger partial charge in [-0.15, -0.1) is 23.1 Å². The average molecular weight is 761 g/mol. The van der Waals surface area contributed by atoms with Gasteiger partial charge in [-0.2, -0.15) is 0 Å². The maximum atomic E-state index is 14.0. The van der Waals surface area contributed by atoms with Crippen molar-refractivity contribution in [2.75, 3.05) is 17.2 Å². The Morgan fingerprint density at radius 2 is 1.49 bits per heavy atom. The van der Waals surface area contributed by atoms with E-state index in [-0.39, 0.29) is 11.6 Å². The number of thioether (sulfide) groups is 1. The second kappa shape index (κ2) is 17.6. The highest BCUT2D eigenvalue weighted by Gasteiger charge is 2.24. The van der Waals surface area contributed by atoms with Crippen molar-refractivity contribution < 1.29 is 19.1 Å². The molecule has 1 aromatic heterocycles. The van der Waals surface area contributed by atoms with E-state index >= 15 is 0 Å². The lowest BCUT2D eigenvalue weighted by Gasteiger charge is -2.17. The van der Waals surface area contributed by atoms with Crippen molar-refractivity contribution in [2.24, 2.45) is 0 Å². The summed E-state index contributed by atoms with van der Waals surface area (Å²) in [6.45, 7) is 2.53. The largest absolute Gasteiger partial charge is 0.494 e. The van der Waals surface area contributed by atoms with Crippen LogP contribution in [0.3, 0.4) is 0 Å². The minimum Gasteiger partial charge on any atom is -0.494 e. The topological polar surface area (TPSA) is 109 Å². The molecule has 10 heteroatoms. The lowest BCUT2D eigenvalue weighted by atomic mass is 10.0. The quantitative estimate of drug-likeness (QED) is 0.0798. The fraction of sp³-hybridized carbons (Fsp3) is 0.0667. The van der Waals surface area contributed by atoms with Crippen LogP contribution in [0.1, 0.15) is 33.7 Å². The van der Waals surface area contributed by atoms with E-state index in [2.05, 4.69) is 20.9 Å². The minimum atomic E-state index is -0.628. The van der Waals surface area contributed by atoms with Gasteiger partial charge >= 0.3 is 0 Å². The third kappa shape index (κ3) is 9.36. The number of carbonyl (C=O) groups is 3. The second-order valence-corrected chi connectivity index (χ2v) is 14.4. The summed E-state index contributed by atoms with van der Waals surface area (Å²) in [5.74, 6) is -0.352. The number of anilines is 2. The van der Waals surface area contributed by atoms with Gasteiger partial charge < -0.3 is 20.7 Å². The maximum absolute atomic E-state index is 14.0. The fourth-order valence-electron chi connectivity index (χ4n) is 5.88. The lowest BCUT2D eigenvalue weighted by molar-refractivity contribution is -0.116. The molecule has 0 aliphatic carbocycles. The highest BCUT2D eigenvalue weighted by molar-refractivity contribution is 8.00. The molecule has 55 heavy (non-hydrogen) atoms. The van der Waals surface area contributed by atoms with E-state index in [9.17, 15) is 14.4 Å². The van der Waals surface area contributed by atoms with E-state index in [4.69, 9.17) is 4.74 Å². The van der Waals surface area contributed by atoms with Crippen LogP contribution in [-0.4, -0.2) is 29.3 Å². The summed E-state index contributed by atoms with van der Waals surface area (Å²) >= 11 is 2.71. The first-order valence-corrected chi connectivity index (χ1v) is 19.4. The first-order valence-electron chi connectivity index (χ1n) is 17.6. The molecule has 1 atom stereocenters. The van der Waals surface area contributed by atoms with Crippen molar-refractivity contribution in [2.45, 2.75) is 17.1 Å². The number of carbonyl (C=O) groups excluding carboxylic acids is 3. The van der Waals surface area contributed by atoms with Crippen LogP contribution in [-0.2, 0) is 9.59 Å². The van der Waals surface area contributed by atoms with Crippen molar-refractivity contribution in [3.8, 4) is 17.0 Å². The number of aromatic nitrogens is 1. The Kier molecular flexibility index (Phi) is 11.8. The fourth-order valence-corrected chi connectivity index (χ4v) is 7.69. The molecule has 7 rings (SSSR count). The van der Waals surface area contributed by atoms with Gasteiger partial charge in [0.2, 0.25) is 5.91 Å². The van der Waals surface area contributed by atoms with Gasteiger partial charge in [0.25, 0.3) is 11.8 Å². The standard InChI is InChI=1S/C45H36N4O4S2/c1-2-53-36-25-23-31(24-26-36)40-29-54-45(48-40)49-44(52)41(32-14-5-3-6-15-32)55-37-21-12-20-35(28-37)46-43(51)39(47-42(50)33-16-7-4-8-17-33)27-34-19-11-18-30-13-9-10-22-38(30)34/h3-29,41H,2H2,1H3,(H,46,51)(H,47,50)(H,48,49,52)/b39-27+. The van der Waals surface area contributed by atoms with Gasteiger partial charge in [-0.25, -0.2) is 4.98 Å². The highest BCUT2D eigenvalue weighted by Crippen LogP contribution is 2.38. The molecule has 0 saturated carbocycles. The summed E-state index contributed by atoms with van der Waals surface area (Å²) in [6.07, 6.45) is 1.69. The Hall–Kier alpha value is -6.49. The number of ether oxygens (including phenoxy) is 1. The number of benzene rings is 6. The molecule has 8 nitrogen and oxygen atoms in total. The zero-order chi connectivity index (χ0) is 38.0. The SMILES string of the molecule is CCOc1ccc(-c2csc(NC(=O)C(Sc3cccc(NC(=O)/C(=C\c4cccc5ccccc45)NC(=O)c4ccccc4)c3)c3ccccc3)n2)cc1. The third-order valence-electron chi connectivity index (χ3n) is 8.53. The maximum Gasteiger partial charge on any atom is 0.272 e. The van der Waals surface area contributed by atoms with Crippen molar-refractivity contribution in [1.29, 1.82) is 0 Å². The van der Waals surface area contributed by atoms with Crippen LogP contribution < -0.4 is 20.7 Å². The van der Waals surface area contributed by atoms with Crippen molar-refractivity contribution in [3.63, 3.8) is 0 Å². The summed E-state index contributed by atoms with van der Waals surface area (Å²) in [5, 5.41) is 12.5. The normalized spacial score (nSPS) is 11.8. The first-order chi connectivity index (χ1) is 26.9. The van der Waals surface area contributed by atoms with Gasteiger partial charge in [-0.05, 0) is 89.5 Å². The van der Waals surface area contributed by atoms with Crippen LogP contribution in [0.5, 0.6) is 5.75 Å². The molecule has 272 valence electrons. The Balaban J connectivity index is 1.11. The number of rotatable bonds is 13. The van der Waals surface area contributed by atoms with E-state index < -0.39 is 17.1 Å². The van der Waals surface area contributed by atoms with Crippen molar-refractivity contribution >= 4 is 68.5 Å². The summed E-state index contributed by atoms with van der Waals surface area (Å²) < 4.78 is 5.56. The Morgan fingerprint density at radius 3 is 2.27 bits per heavy atom. The van der Waals surface area contributed by atoms with Crippen LogP contribution in [0.4, 0.5) is 10.8 Å². The number of hydrogen-bond donors (Lipinski definition) is 3. The zero-order valence-electron chi connectivity index (χ0n) is 29.8. The smallest absolute Gasteiger partial charge is 0.272 e. The summed E-state index contributed by atoms with van der Waals surface area (Å²) in [6, 6.07) is 46.9. The first kappa shape index (κ1) is 36.9. The van der Waals surface area contributed by atoms with Crippen LogP contribution >= 0.6 is 23.1 Å². The molecule has 0 bridgehead atoms. The molecule has 3 amide bonds. The third-order valence-corrected chi connectivity index (χ3v) is 10.5. The Labute approximate surface area is 327 Å². The molecule has 0 radical (unpaired) electrons. The monoisotopic (exact) mass is 760 g/mol. The molecule has 0 aliphatic heterocycles. The van der Waals surface area contributed by atoms with Crippen LogP contribution in [0.25, 0.3) is 28.1 Å². The minimum absolute atomic E-state index is 0.0813. The zero-order valence-corrected chi connectivity index (χ0v) is 31.4. The predicted molar refractivity (Wildman–Crippen MR) is 223 cm³/mol. The molecule has 3 N–H and O–H groups in total. The number of fused-ring (bicyclic) bond motifs is 1. The number of amides is 3. The van der Waals surface area contributed by atoms with E-state index in [1.807, 2.05) is 134 Å². The summed E-state index contributed by atoms with van der Waals surface area (Å²) in [5.41, 5.74) is 4.27. The van der Waals surface area contributed by atoms with E-state index in [1.54, 1.807) is 36.4 Å². The molecule has 0 spiro atoms. The van der Waals surface area contributed by atoms with Gasteiger partial charge in [0.05, 0.1) is 12.3 Å². The summed E-state index contributed by atoms with van der Waals surface area (Å²) in [4.78, 5) is 46.6. The molecular formula is C45H36N4O4S2. The molecule has 1 unspecified atom stereocenters. The van der Waals surface area contributed by atoms with Crippen molar-refractivity contribution in [1.82, 2.24) is 10.3 Å². The number of thiazole rings is 1. The highest BCUT2D eigenvalue weighted by atomic mass is 32.2. The predicted octanol–water partition coefficient (Wildman–Crippen LogP) is 10.2. The van der Waals surface area contributed by atoms with E-state index in [1.165, 1.54) is 23.1 Å². The average Bonchev–Trinajstić information content (AvgIpc) is 3.69. The molecule has 6 aromatic carbocycles. The molecule has 0 fully saturated rings. The Bertz CT molecular complexity index is 2460. The van der Waals surface area contributed by atoms with Crippen LogP contribution in [0.2, 0.25) is 0 Å².